The van der Waals surface area contributed by atoms with Gasteiger partial charge in [-0.2, -0.15) is 0 Å². The molecule has 2 amide bonds. The van der Waals surface area contributed by atoms with Crippen molar-refractivity contribution >= 4 is 24.2 Å². The van der Waals surface area contributed by atoms with Gasteiger partial charge in [0.1, 0.15) is 0 Å². The third-order valence-electron chi connectivity index (χ3n) is 3.55. The molecule has 1 aromatic carbocycles. The van der Waals surface area contributed by atoms with Crippen molar-refractivity contribution in [3.8, 4) is 0 Å². The lowest BCUT2D eigenvalue weighted by atomic mass is 10.00. The van der Waals surface area contributed by atoms with Crippen LogP contribution >= 0.6 is 12.4 Å². The number of carbonyl (C=O) groups excluding carboxylic acids is 2. The Bertz CT molecular complexity index is 467. The highest BCUT2D eigenvalue weighted by molar-refractivity contribution is 5.96. The quantitative estimate of drug-likeness (QED) is 0.780. The predicted octanol–water partition coefficient (Wildman–Crippen LogP) is 1.09. The molecule has 0 aromatic heterocycles. The highest BCUT2D eigenvalue weighted by Crippen LogP contribution is 2.07. The predicted molar refractivity (Wildman–Crippen MR) is 84.7 cm³/mol. The second-order valence-corrected chi connectivity index (χ2v) is 5.11. The lowest BCUT2D eigenvalue weighted by Crippen LogP contribution is -2.53. The molecule has 1 aliphatic heterocycles. The molecule has 1 saturated heterocycles. The van der Waals surface area contributed by atoms with Gasteiger partial charge in [-0.15, -0.1) is 12.4 Å². The fourth-order valence-electron chi connectivity index (χ4n) is 2.35. The van der Waals surface area contributed by atoms with Crippen LogP contribution in [-0.4, -0.2) is 37.0 Å². The molecular weight excluding hydrogens is 290 g/mol. The maximum Gasteiger partial charge on any atom is 0.251 e. The van der Waals surface area contributed by atoms with Gasteiger partial charge in [-0.25, -0.2) is 0 Å². The zero-order chi connectivity index (χ0) is 14.4. The van der Waals surface area contributed by atoms with Gasteiger partial charge in [0.05, 0.1) is 6.54 Å². The van der Waals surface area contributed by atoms with Crippen molar-refractivity contribution in [2.75, 3.05) is 13.1 Å². The van der Waals surface area contributed by atoms with Crippen molar-refractivity contribution in [3.05, 3.63) is 35.9 Å². The molecular formula is C15H22ClN3O2. The summed E-state index contributed by atoms with van der Waals surface area (Å²) in [5.74, 6) is -0.370. The number of halogens is 1. The largest absolute Gasteiger partial charge is 0.350 e. The first-order chi connectivity index (χ1) is 9.66. The Kier molecular flexibility index (Phi) is 7.19. The Morgan fingerprint density at radius 2 is 2.00 bits per heavy atom. The summed E-state index contributed by atoms with van der Waals surface area (Å²) in [6, 6.07) is 9.30. The van der Waals surface area contributed by atoms with Crippen molar-refractivity contribution in [2.45, 2.75) is 31.8 Å². The molecule has 1 aliphatic rings. The van der Waals surface area contributed by atoms with Gasteiger partial charge in [-0.1, -0.05) is 18.2 Å². The Morgan fingerprint density at radius 3 is 2.67 bits per heavy atom. The van der Waals surface area contributed by atoms with E-state index >= 15 is 0 Å². The van der Waals surface area contributed by atoms with Gasteiger partial charge in [0, 0.05) is 17.6 Å². The first-order valence-electron chi connectivity index (χ1n) is 7.03. The number of benzene rings is 1. The molecule has 6 heteroatoms. The average Bonchev–Trinajstić information content (AvgIpc) is 2.48. The van der Waals surface area contributed by atoms with Gasteiger partial charge in [-0.05, 0) is 38.4 Å². The number of rotatable bonds is 4. The van der Waals surface area contributed by atoms with Crippen molar-refractivity contribution in [2.24, 2.45) is 0 Å². The van der Waals surface area contributed by atoms with E-state index in [9.17, 15) is 9.59 Å². The summed E-state index contributed by atoms with van der Waals surface area (Å²) in [6.45, 7) is 3.07. The topological polar surface area (TPSA) is 70.2 Å². The van der Waals surface area contributed by atoms with Crippen molar-refractivity contribution in [1.82, 2.24) is 16.0 Å². The molecule has 0 saturated carbocycles. The number of piperidine rings is 1. The molecule has 0 radical (unpaired) electrons. The van der Waals surface area contributed by atoms with Gasteiger partial charge in [0.25, 0.3) is 5.91 Å². The van der Waals surface area contributed by atoms with Crippen LogP contribution in [0.4, 0.5) is 0 Å². The monoisotopic (exact) mass is 311 g/mol. The highest BCUT2D eigenvalue weighted by Gasteiger charge is 2.22. The maximum absolute atomic E-state index is 11.8. The van der Waals surface area contributed by atoms with E-state index in [2.05, 4.69) is 22.9 Å². The number of hydrogen-bond acceptors (Lipinski definition) is 3. The van der Waals surface area contributed by atoms with Crippen LogP contribution in [0, 0.1) is 0 Å². The molecule has 2 rings (SSSR count). The van der Waals surface area contributed by atoms with E-state index in [1.54, 1.807) is 24.3 Å². The van der Waals surface area contributed by atoms with Crippen LogP contribution in [0.5, 0.6) is 0 Å². The fraction of sp³-hybridized carbons (Fsp3) is 0.467. The molecule has 116 valence electrons. The molecule has 1 fully saturated rings. The minimum atomic E-state index is -0.226. The van der Waals surface area contributed by atoms with Crippen molar-refractivity contribution < 1.29 is 9.59 Å². The van der Waals surface area contributed by atoms with Crippen LogP contribution in [0.15, 0.2) is 30.3 Å². The van der Waals surface area contributed by atoms with Gasteiger partial charge < -0.3 is 16.0 Å². The standard InChI is InChI=1S/C15H21N3O2.ClH/c1-11-13(8-5-9-16-11)18-14(19)10-17-15(20)12-6-3-2-4-7-12;/h2-4,6-7,11,13,16H,5,8-10H2,1H3,(H,17,20)(H,18,19);1H. The van der Waals surface area contributed by atoms with Crippen molar-refractivity contribution in [3.63, 3.8) is 0 Å². The third-order valence-corrected chi connectivity index (χ3v) is 3.55. The highest BCUT2D eigenvalue weighted by atomic mass is 35.5. The Hall–Kier alpha value is -1.59. The fourth-order valence-corrected chi connectivity index (χ4v) is 2.35. The summed E-state index contributed by atoms with van der Waals surface area (Å²) >= 11 is 0. The lowest BCUT2D eigenvalue weighted by Gasteiger charge is -2.30. The smallest absolute Gasteiger partial charge is 0.251 e. The summed E-state index contributed by atoms with van der Waals surface area (Å²) in [5, 5.41) is 8.92. The molecule has 2 unspecified atom stereocenters. The molecule has 1 aromatic rings. The molecule has 1 heterocycles. The van der Waals surface area contributed by atoms with E-state index in [1.165, 1.54) is 0 Å². The van der Waals surface area contributed by atoms with Gasteiger partial charge >= 0.3 is 0 Å². The van der Waals surface area contributed by atoms with E-state index in [1.807, 2.05) is 6.07 Å². The first-order valence-corrected chi connectivity index (χ1v) is 7.03. The van der Waals surface area contributed by atoms with Crippen molar-refractivity contribution in [1.29, 1.82) is 0 Å². The summed E-state index contributed by atoms with van der Waals surface area (Å²) in [4.78, 5) is 23.6. The molecule has 0 aliphatic carbocycles. The summed E-state index contributed by atoms with van der Waals surface area (Å²) < 4.78 is 0. The molecule has 0 spiro atoms. The molecule has 21 heavy (non-hydrogen) atoms. The number of hydrogen-bond donors (Lipinski definition) is 3. The van der Waals surface area contributed by atoms with E-state index < -0.39 is 0 Å². The maximum atomic E-state index is 11.8. The van der Waals surface area contributed by atoms with Crippen LogP contribution in [-0.2, 0) is 4.79 Å². The summed E-state index contributed by atoms with van der Waals surface area (Å²) in [7, 11) is 0. The number of amides is 2. The van der Waals surface area contributed by atoms with Crippen LogP contribution in [0.2, 0.25) is 0 Å². The Balaban J connectivity index is 0.00000220. The van der Waals surface area contributed by atoms with E-state index in [4.69, 9.17) is 0 Å². The lowest BCUT2D eigenvalue weighted by molar-refractivity contribution is -0.121. The average molecular weight is 312 g/mol. The van der Waals surface area contributed by atoms with Crippen LogP contribution in [0.3, 0.4) is 0 Å². The third kappa shape index (κ3) is 5.36. The minimum absolute atomic E-state index is 0. The van der Waals surface area contributed by atoms with Crippen LogP contribution < -0.4 is 16.0 Å². The first kappa shape index (κ1) is 17.5. The second-order valence-electron chi connectivity index (χ2n) is 5.11. The van der Waals surface area contributed by atoms with Crippen LogP contribution in [0.25, 0.3) is 0 Å². The SMILES string of the molecule is CC1NCCCC1NC(=O)CNC(=O)c1ccccc1.Cl. The Labute approximate surface area is 131 Å². The Morgan fingerprint density at radius 1 is 1.29 bits per heavy atom. The number of carbonyl (C=O) groups is 2. The van der Waals surface area contributed by atoms with Gasteiger partial charge in [-0.3, -0.25) is 9.59 Å². The molecule has 5 nitrogen and oxygen atoms in total. The molecule has 3 N–H and O–H groups in total. The summed E-state index contributed by atoms with van der Waals surface area (Å²) in [6.07, 6.45) is 2.04. The van der Waals surface area contributed by atoms with E-state index in [0.717, 1.165) is 19.4 Å². The second kappa shape index (κ2) is 8.64. The van der Waals surface area contributed by atoms with E-state index in [-0.39, 0.29) is 42.8 Å². The van der Waals surface area contributed by atoms with E-state index in [0.29, 0.717) is 5.56 Å². The normalized spacial score (nSPS) is 21.0. The van der Waals surface area contributed by atoms with Gasteiger partial charge in [0.2, 0.25) is 5.91 Å². The molecule has 2 atom stereocenters. The molecule has 0 bridgehead atoms. The number of nitrogens with one attached hydrogen (secondary N) is 3. The van der Waals surface area contributed by atoms with Crippen LogP contribution in [0.1, 0.15) is 30.1 Å². The summed E-state index contributed by atoms with van der Waals surface area (Å²) in [5.41, 5.74) is 0.563. The van der Waals surface area contributed by atoms with Gasteiger partial charge in [0.15, 0.2) is 0 Å². The zero-order valence-corrected chi connectivity index (χ0v) is 12.9. The minimum Gasteiger partial charge on any atom is -0.350 e. The zero-order valence-electron chi connectivity index (χ0n) is 12.1.